The fourth-order valence-electron chi connectivity index (χ4n) is 3.16. The number of hydrogen-bond donors (Lipinski definition) is 1. The molecule has 126 valence electrons. The Morgan fingerprint density at radius 1 is 1.08 bits per heavy atom. The van der Waals surface area contributed by atoms with Gasteiger partial charge < -0.3 is 14.8 Å². The Bertz CT molecular complexity index is 699. The maximum Gasteiger partial charge on any atom is 0.174 e. The second-order valence-corrected chi connectivity index (χ2v) is 6.22. The average Bonchev–Trinajstić information content (AvgIpc) is 2.64. The zero-order valence-corrected chi connectivity index (χ0v) is 14.3. The summed E-state index contributed by atoms with van der Waals surface area (Å²) < 4.78 is 11.5. The molecule has 0 amide bonds. The molecule has 0 aliphatic carbocycles. The summed E-state index contributed by atoms with van der Waals surface area (Å²) in [4.78, 5) is 12.7. The van der Waals surface area contributed by atoms with Crippen LogP contribution in [0.4, 0.5) is 0 Å². The molecule has 24 heavy (non-hydrogen) atoms. The van der Waals surface area contributed by atoms with E-state index in [1.807, 2.05) is 56.4 Å². The van der Waals surface area contributed by atoms with E-state index in [0.29, 0.717) is 6.42 Å². The lowest BCUT2D eigenvalue weighted by molar-refractivity contribution is -0.227. The number of carbonyl (C=O) groups is 1. The smallest absolute Gasteiger partial charge is 0.174 e. The van der Waals surface area contributed by atoms with Crippen LogP contribution in [0.1, 0.15) is 18.9 Å². The third-order valence-electron chi connectivity index (χ3n) is 4.76. The predicted molar refractivity (Wildman–Crippen MR) is 93.6 cm³/mol. The summed E-state index contributed by atoms with van der Waals surface area (Å²) in [5.74, 6) is 0.0580. The quantitative estimate of drug-likeness (QED) is 0.938. The molecule has 1 saturated heterocycles. The van der Waals surface area contributed by atoms with E-state index in [1.165, 1.54) is 0 Å². The first-order valence-corrected chi connectivity index (χ1v) is 8.15. The highest BCUT2D eigenvalue weighted by atomic mass is 16.7. The summed E-state index contributed by atoms with van der Waals surface area (Å²) in [5.41, 5.74) is 2.13. The van der Waals surface area contributed by atoms with Crippen LogP contribution in [0.5, 0.6) is 0 Å². The molecule has 0 saturated carbocycles. The van der Waals surface area contributed by atoms with Crippen molar-refractivity contribution in [2.45, 2.75) is 31.3 Å². The van der Waals surface area contributed by atoms with Gasteiger partial charge in [-0.05, 0) is 30.7 Å². The van der Waals surface area contributed by atoms with Gasteiger partial charge in [0.15, 0.2) is 17.7 Å². The fourth-order valence-corrected chi connectivity index (χ4v) is 3.16. The second kappa shape index (κ2) is 6.85. The molecule has 4 nitrogen and oxygen atoms in total. The monoisotopic (exact) mass is 325 g/mol. The van der Waals surface area contributed by atoms with E-state index in [9.17, 15) is 4.79 Å². The van der Waals surface area contributed by atoms with Crippen molar-refractivity contribution in [2.24, 2.45) is 0 Å². The van der Waals surface area contributed by atoms with Crippen LogP contribution < -0.4 is 5.32 Å². The molecule has 1 fully saturated rings. The van der Waals surface area contributed by atoms with Gasteiger partial charge in [-0.25, -0.2) is 0 Å². The van der Waals surface area contributed by atoms with Gasteiger partial charge in [0, 0.05) is 13.5 Å². The molecule has 3 rings (SSSR count). The Hall–Kier alpha value is -2.01. The minimum absolute atomic E-state index is 0.0580. The van der Waals surface area contributed by atoms with Crippen molar-refractivity contribution in [3.8, 4) is 11.1 Å². The molecule has 0 spiro atoms. The number of Topliss-reactive ketones (excluding diaryl/α,β-unsaturated/α-hetero) is 1. The Labute approximate surface area is 142 Å². The van der Waals surface area contributed by atoms with Gasteiger partial charge in [0.2, 0.25) is 0 Å². The van der Waals surface area contributed by atoms with Gasteiger partial charge in [-0.2, -0.15) is 0 Å². The van der Waals surface area contributed by atoms with Crippen molar-refractivity contribution in [1.29, 1.82) is 0 Å². The molecular formula is C20H23NO3. The van der Waals surface area contributed by atoms with Gasteiger partial charge in [0.05, 0.1) is 6.04 Å². The van der Waals surface area contributed by atoms with Crippen LogP contribution in [-0.2, 0) is 19.9 Å². The first-order chi connectivity index (χ1) is 11.6. The maximum absolute atomic E-state index is 12.7. The van der Waals surface area contributed by atoms with Crippen LogP contribution in [0.15, 0.2) is 54.6 Å². The lowest BCUT2D eigenvalue weighted by Crippen LogP contribution is -2.55. The molecule has 3 unspecified atom stereocenters. The third-order valence-corrected chi connectivity index (χ3v) is 4.76. The Kier molecular flexibility index (Phi) is 4.81. The highest BCUT2D eigenvalue weighted by Crippen LogP contribution is 2.36. The van der Waals surface area contributed by atoms with E-state index < -0.39 is 11.9 Å². The van der Waals surface area contributed by atoms with Gasteiger partial charge in [0.1, 0.15) is 0 Å². The Balaban J connectivity index is 1.88. The normalized spacial score (nSPS) is 27.2. The molecule has 0 bridgehead atoms. The lowest BCUT2D eigenvalue weighted by Gasteiger charge is -2.41. The lowest BCUT2D eigenvalue weighted by atomic mass is 9.84. The summed E-state index contributed by atoms with van der Waals surface area (Å²) in [7, 11) is 3.41. The van der Waals surface area contributed by atoms with Crippen LogP contribution in [0, 0.1) is 0 Å². The number of ether oxygens (including phenoxy) is 2. The summed E-state index contributed by atoms with van der Waals surface area (Å²) in [6.45, 7) is 1.82. The largest absolute Gasteiger partial charge is 0.354 e. The average molecular weight is 325 g/mol. The predicted octanol–water partition coefficient (Wildman–Crippen LogP) is 3.12. The van der Waals surface area contributed by atoms with Crippen molar-refractivity contribution in [3.63, 3.8) is 0 Å². The number of rotatable bonds is 4. The molecule has 2 aromatic carbocycles. The van der Waals surface area contributed by atoms with Crippen LogP contribution in [0.2, 0.25) is 0 Å². The zero-order chi connectivity index (χ0) is 17.2. The maximum atomic E-state index is 12.7. The van der Waals surface area contributed by atoms with Crippen molar-refractivity contribution >= 4 is 5.78 Å². The molecular weight excluding hydrogens is 302 g/mol. The summed E-state index contributed by atoms with van der Waals surface area (Å²) in [5, 5.41) is 3.08. The van der Waals surface area contributed by atoms with E-state index >= 15 is 0 Å². The van der Waals surface area contributed by atoms with Gasteiger partial charge in [-0.3, -0.25) is 4.79 Å². The number of nitrogens with one attached hydrogen (secondary N) is 1. The highest BCUT2D eigenvalue weighted by Gasteiger charge is 2.46. The third kappa shape index (κ3) is 3.00. The molecule has 3 atom stereocenters. The molecule has 1 aliphatic rings. The minimum Gasteiger partial charge on any atom is -0.354 e. The fraction of sp³-hybridized carbons (Fsp3) is 0.350. The van der Waals surface area contributed by atoms with E-state index in [1.54, 1.807) is 7.11 Å². The van der Waals surface area contributed by atoms with E-state index in [-0.39, 0.29) is 11.8 Å². The van der Waals surface area contributed by atoms with Gasteiger partial charge >= 0.3 is 0 Å². The van der Waals surface area contributed by atoms with Crippen molar-refractivity contribution in [1.82, 2.24) is 5.32 Å². The standard InChI is InChI=1S/C20H23NO3/c1-20(18(22)13-17(21-2)19(23-3)24-20)16-11-9-15(10-12-16)14-7-5-4-6-8-14/h4-12,17,19,21H,13H2,1-3H3. The first kappa shape index (κ1) is 16.8. The zero-order valence-electron chi connectivity index (χ0n) is 14.3. The molecule has 0 radical (unpaired) electrons. The molecule has 2 aromatic rings. The molecule has 1 N–H and O–H groups in total. The van der Waals surface area contributed by atoms with Crippen LogP contribution in [-0.4, -0.2) is 32.3 Å². The van der Waals surface area contributed by atoms with E-state index in [2.05, 4.69) is 17.4 Å². The van der Waals surface area contributed by atoms with E-state index in [0.717, 1.165) is 16.7 Å². The van der Waals surface area contributed by atoms with Crippen LogP contribution in [0.25, 0.3) is 11.1 Å². The number of ketones is 1. The molecule has 1 heterocycles. The number of likely N-dealkylation sites (N-methyl/N-ethyl adjacent to an activating group) is 1. The van der Waals surface area contributed by atoms with Gasteiger partial charge in [-0.15, -0.1) is 0 Å². The Morgan fingerprint density at radius 2 is 1.71 bits per heavy atom. The number of hydrogen-bond acceptors (Lipinski definition) is 4. The van der Waals surface area contributed by atoms with Crippen molar-refractivity contribution in [3.05, 3.63) is 60.2 Å². The van der Waals surface area contributed by atoms with Crippen molar-refractivity contribution < 1.29 is 14.3 Å². The van der Waals surface area contributed by atoms with Crippen LogP contribution in [0.3, 0.4) is 0 Å². The topological polar surface area (TPSA) is 47.6 Å². The van der Waals surface area contributed by atoms with Gasteiger partial charge in [-0.1, -0.05) is 54.6 Å². The number of carbonyl (C=O) groups excluding carboxylic acids is 1. The highest BCUT2D eigenvalue weighted by molar-refractivity contribution is 5.89. The van der Waals surface area contributed by atoms with E-state index in [4.69, 9.17) is 9.47 Å². The summed E-state index contributed by atoms with van der Waals surface area (Å²) >= 11 is 0. The first-order valence-electron chi connectivity index (χ1n) is 8.15. The minimum atomic E-state index is -0.983. The number of methoxy groups -OCH3 is 1. The van der Waals surface area contributed by atoms with Crippen molar-refractivity contribution in [2.75, 3.05) is 14.2 Å². The summed E-state index contributed by atoms with van der Waals surface area (Å²) in [6, 6.07) is 18.0. The SMILES string of the molecule is CNC1CC(=O)C(C)(c2ccc(-c3ccccc3)cc2)OC1OC. The molecule has 0 aromatic heterocycles. The number of benzene rings is 2. The molecule has 4 heteroatoms. The second-order valence-electron chi connectivity index (χ2n) is 6.22. The van der Waals surface area contributed by atoms with Gasteiger partial charge in [0.25, 0.3) is 0 Å². The summed E-state index contributed by atoms with van der Waals surface area (Å²) in [6.07, 6.45) is -0.0714. The Morgan fingerprint density at radius 3 is 2.29 bits per heavy atom. The molecule has 1 aliphatic heterocycles. The van der Waals surface area contributed by atoms with Crippen LogP contribution >= 0.6 is 0 Å².